The summed E-state index contributed by atoms with van der Waals surface area (Å²) >= 11 is 0. The lowest BCUT2D eigenvalue weighted by Gasteiger charge is -2.12. The zero-order valence-electron chi connectivity index (χ0n) is 10.6. The van der Waals surface area contributed by atoms with Gasteiger partial charge in [0, 0.05) is 37.8 Å². The van der Waals surface area contributed by atoms with Crippen molar-refractivity contribution in [1.82, 2.24) is 10.3 Å². The van der Waals surface area contributed by atoms with Crippen LogP contribution >= 0.6 is 0 Å². The van der Waals surface area contributed by atoms with E-state index in [2.05, 4.69) is 15.6 Å². The minimum atomic E-state index is -0.243. The van der Waals surface area contributed by atoms with Crippen molar-refractivity contribution in [2.24, 2.45) is 0 Å². The molecule has 0 aliphatic carbocycles. The Balaban J connectivity index is 1.67. The fraction of sp³-hybridized carbons (Fsp3) is 0.538. The summed E-state index contributed by atoms with van der Waals surface area (Å²) in [7, 11) is 0. The molecular formula is C13H19N3O2. The van der Waals surface area contributed by atoms with Crippen LogP contribution in [0.4, 0.5) is 5.69 Å². The Labute approximate surface area is 107 Å². The number of rotatable bonds is 5. The molecule has 1 aromatic rings. The minimum absolute atomic E-state index is 0.000695. The van der Waals surface area contributed by atoms with E-state index in [1.54, 1.807) is 6.20 Å². The molecule has 1 amide bonds. The highest BCUT2D eigenvalue weighted by Crippen LogP contribution is 2.12. The second-order valence-corrected chi connectivity index (χ2v) is 4.41. The number of carbonyl (C=O) groups excluding carboxylic acids is 1. The van der Waals surface area contributed by atoms with Crippen molar-refractivity contribution in [2.75, 3.05) is 25.0 Å². The predicted molar refractivity (Wildman–Crippen MR) is 69.4 cm³/mol. The number of aromatic nitrogens is 1. The fourth-order valence-corrected chi connectivity index (χ4v) is 1.95. The van der Waals surface area contributed by atoms with Crippen molar-refractivity contribution >= 4 is 11.6 Å². The molecule has 1 aromatic heterocycles. The molecule has 18 heavy (non-hydrogen) atoms. The number of nitrogens with one attached hydrogen (secondary N) is 2. The molecule has 0 spiro atoms. The normalized spacial score (nSPS) is 18.6. The Morgan fingerprint density at radius 1 is 1.56 bits per heavy atom. The summed E-state index contributed by atoms with van der Waals surface area (Å²) in [6.45, 7) is 4.00. The zero-order chi connectivity index (χ0) is 12.8. The molecule has 1 unspecified atom stereocenters. The lowest BCUT2D eigenvalue weighted by molar-refractivity contribution is -0.129. The van der Waals surface area contributed by atoms with Crippen LogP contribution in [0.5, 0.6) is 0 Å². The Morgan fingerprint density at radius 3 is 3.17 bits per heavy atom. The minimum Gasteiger partial charge on any atom is -0.383 e. The lowest BCUT2D eigenvalue weighted by Crippen LogP contribution is -2.36. The first-order chi connectivity index (χ1) is 8.77. The molecule has 2 rings (SSSR count). The molecule has 1 aliphatic rings. The van der Waals surface area contributed by atoms with Crippen LogP contribution in [0.25, 0.3) is 0 Å². The van der Waals surface area contributed by atoms with Crippen molar-refractivity contribution in [3.8, 4) is 0 Å². The summed E-state index contributed by atoms with van der Waals surface area (Å²) < 4.78 is 5.31. The van der Waals surface area contributed by atoms with E-state index >= 15 is 0 Å². The molecule has 2 N–H and O–H groups in total. The Kier molecular flexibility index (Phi) is 4.52. The van der Waals surface area contributed by atoms with Gasteiger partial charge in [0.2, 0.25) is 5.91 Å². The van der Waals surface area contributed by atoms with E-state index in [9.17, 15) is 4.79 Å². The van der Waals surface area contributed by atoms with Crippen molar-refractivity contribution in [1.29, 1.82) is 0 Å². The van der Waals surface area contributed by atoms with Crippen LogP contribution in [0.15, 0.2) is 18.5 Å². The fourth-order valence-electron chi connectivity index (χ4n) is 1.95. The first-order valence-corrected chi connectivity index (χ1v) is 6.31. The average Bonchev–Trinajstić information content (AvgIpc) is 2.90. The van der Waals surface area contributed by atoms with E-state index in [0.717, 1.165) is 24.1 Å². The van der Waals surface area contributed by atoms with E-state index in [4.69, 9.17) is 4.74 Å². The van der Waals surface area contributed by atoms with Crippen molar-refractivity contribution < 1.29 is 9.53 Å². The molecule has 0 radical (unpaired) electrons. The summed E-state index contributed by atoms with van der Waals surface area (Å²) in [5.74, 6) is 0.000695. The van der Waals surface area contributed by atoms with Crippen LogP contribution in [0.2, 0.25) is 0 Å². The third-order valence-electron chi connectivity index (χ3n) is 2.98. The monoisotopic (exact) mass is 249 g/mol. The number of nitrogens with zero attached hydrogens (tertiary/aromatic N) is 1. The van der Waals surface area contributed by atoms with Crippen molar-refractivity contribution in [3.63, 3.8) is 0 Å². The molecule has 5 heteroatoms. The van der Waals surface area contributed by atoms with Gasteiger partial charge in [0.05, 0.1) is 0 Å². The molecule has 0 aromatic carbocycles. The first kappa shape index (κ1) is 12.8. The highest BCUT2D eigenvalue weighted by Gasteiger charge is 2.22. The highest BCUT2D eigenvalue weighted by molar-refractivity contribution is 5.80. The van der Waals surface area contributed by atoms with Crippen molar-refractivity contribution in [3.05, 3.63) is 24.0 Å². The number of anilines is 1. The quantitative estimate of drug-likeness (QED) is 0.767. The summed E-state index contributed by atoms with van der Waals surface area (Å²) in [5, 5.41) is 6.14. The van der Waals surface area contributed by atoms with Gasteiger partial charge in [0.25, 0.3) is 0 Å². The topological polar surface area (TPSA) is 63.2 Å². The number of carbonyl (C=O) groups is 1. The summed E-state index contributed by atoms with van der Waals surface area (Å²) in [6.07, 6.45) is 5.13. The number of ether oxygens (including phenoxy) is 1. The summed E-state index contributed by atoms with van der Waals surface area (Å²) in [6, 6.07) is 1.93. The largest absolute Gasteiger partial charge is 0.383 e. The standard InChI is InChI=1S/C13H19N3O2/c1-10-9-14-5-4-11(10)15-6-7-16-13(17)12-3-2-8-18-12/h4-5,9,12H,2-3,6-8H2,1H3,(H,14,15)(H,16,17). The second-order valence-electron chi connectivity index (χ2n) is 4.41. The summed E-state index contributed by atoms with van der Waals surface area (Å²) in [4.78, 5) is 15.7. The average molecular weight is 249 g/mol. The molecule has 0 saturated carbocycles. The van der Waals surface area contributed by atoms with Crippen LogP contribution in [0.3, 0.4) is 0 Å². The highest BCUT2D eigenvalue weighted by atomic mass is 16.5. The molecule has 0 bridgehead atoms. The maximum atomic E-state index is 11.6. The zero-order valence-corrected chi connectivity index (χ0v) is 10.6. The maximum absolute atomic E-state index is 11.6. The van der Waals surface area contributed by atoms with Crippen LogP contribution < -0.4 is 10.6 Å². The maximum Gasteiger partial charge on any atom is 0.249 e. The van der Waals surface area contributed by atoms with E-state index in [0.29, 0.717) is 19.7 Å². The van der Waals surface area contributed by atoms with Gasteiger partial charge in [-0.3, -0.25) is 9.78 Å². The number of hydrogen-bond acceptors (Lipinski definition) is 4. The van der Waals surface area contributed by atoms with Gasteiger partial charge in [-0.1, -0.05) is 0 Å². The molecular weight excluding hydrogens is 230 g/mol. The molecule has 1 aliphatic heterocycles. The predicted octanol–water partition coefficient (Wildman–Crippen LogP) is 1.10. The van der Waals surface area contributed by atoms with E-state index in [1.807, 2.05) is 19.2 Å². The van der Waals surface area contributed by atoms with Crippen LogP contribution in [0, 0.1) is 6.92 Å². The van der Waals surface area contributed by atoms with Crippen LogP contribution in [-0.4, -0.2) is 36.7 Å². The second kappa shape index (κ2) is 6.35. The van der Waals surface area contributed by atoms with Gasteiger partial charge >= 0.3 is 0 Å². The van der Waals surface area contributed by atoms with E-state index in [1.165, 1.54) is 0 Å². The van der Waals surface area contributed by atoms with Crippen LogP contribution in [0.1, 0.15) is 18.4 Å². The smallest absolute Gasteiger partial charge is 0.249 e. The molecule has 5 nitrogen and oxygen atoms in total. The number of amides is 1. The molecule has 1 fully saturated rings. The Morgan fingerprint density at radius 2 is 2.44 bits per heavy atom. The number of pyridine rings is 1. The van der Waals surface area contributed by atoms with Gasteiger partial charge in [-0.15, -0.1) is 0 Å². The van der Waals surface area contributed by atoms with E-state index < -0.39 is 0 Å². The van der Waals surface area contributed by atoms with Gasteiger partial charge in [-0.2, -0.15) is 0 Å². The molecule has 1 saturated heterocycles. The summed E-state index contributed by atoms with van der Waals surface area (Å²) in [5.41, 5.74) is 2.15. The van der Waals surface area contributed by atoms with Crippen molar-refractivity contribution in [2.45, 2.75) is 25.9 Å². The van der Waals surface area contributed by atoms with Gasteiger partial charge in [0.1, 0.15) is 6.10 Å². The van der Waals surface area contributed by atoms with Crippen LogP contribution in [-0.2, 0) is 9.53 Å². The Hall–Kier alpha value is -1.62. The van der Waals surface area contributed by atoms with Gasteiger partial charge < -0.3 is 15.4 Å². The third kappa shape index (κ3) is 3.43. The van der Waals surface area contributed by atoms with Gasteiger partial charge in [-0.25, -0.2) is 0 Å². The SMILES string of the molecule is Cc1cnccc1NCCNC(=O)C1CCCO1. The molecule has 2 heterocycles. The first-order valence-electron chi connectivity index (χ1n) is 6.31. The number of hydrogen-bond donors (Lipinski definition) is 2. The molecule has 98 valence electrons. The van der Waals surface area contributed by atoms with E-state index in [-0.39, 0.29) is 12.0 Å². The lowest BCUT2D eigenvalue weighted by atomic mass is 10.2. The van der Waals surface area contributed by atoms with Gasteiger partial charge in [0.15, 0.2) is 0 Å². The molecule has 1 atom stereocenters. The third-order valence-corrected chi connectivity index (χ3v) is 2.98. The van der Waals surface area contributed by atoms with Gasteiger partial charge in [-0.05, 0) is 31.4 Å². The Bertz CT molecular complexity index is 403. The number of aryl methyl sites for hydroxylation is 1.